The molecule has 0 fully saturated rings. The molecule has 1 unspecified atom stereocenters. The standard InChI is InChI=1S/C23H23F3N8O/c1-4-6-14(9-10-23(24,25)26)34-20(31-17-12(2)7-5-8-15(17)21(34)35)13(3)30-19-16(11-27)18(28)32-22(29)33-19/h4-9,13H,10H2,1-3H3,(H5,28,29,30,32,33)/b6-4-,14-9+. The minimum absolute atomic E-state index is 0.00235. The molecule has 1 atom stereocenters. The first-order valence-electron chi connectivity index (χ1n) is 10.5. The Morgan fingerprint density at radius 3 is 2.63 bits per heavy atom. The molecule has 0 aliphatic rings. The van der Waals surface area contributed by atoms with Crippen molar-refractivity contribution in [1.82, 2.24) is 19.5 Å². The number of alkyl halides is 3. The van der Waals surface area contributed by atoms with Gasteiger partial charge in [-0.15, -0.1) is 0 Å². The maximum absolute atomic E-state index is 13.6. The quantitative estimate of drug-likeness (QED) is 0.443. The molecule has 5 N–H and O–H groups in total. The zero-order valence-electron chi connectivity index (χ0n) is 19.2. The first kappa shape index (κ1) is 25.2. The van der Waals surface area contributed by atoms with E-state index in [-0.39, 0.29) is 40.1 Å². The van der Waals surface area contributed by atoms with Crippen molar-refractivity contribution < 1.29 is 13.2 Å². The Balaban J connectivity index is 2.29. The molecule has 1 aromatic carbocycles. The summed E-state index contributed by atoms with van der Waals surface area (Å²) in [6.45, 7) is 5.01. The van der Waals surface area contributed by atoms with E-state index in [2.05, 4.69) is 20.3 Å². The molecule has 9 nitrogen and oxygen atoms in total. The summed E-state index contributed by atoms with van der Waals surface area (Å²) in [7, 11) is 0. The van der Waals surface area contributed by atoms with E-state index in [1.54, 1.807) is 39.0 Å². The first-order chi connectivity index (χ1) is 16.5. The van der Waals surface area contributed by atoms with Gasteiger partial charge in [-0.05, 0) is 38.5 Å². The van der Waals surface area contributed by atoms with E-state index in [9.17, 15) is 23.2 Å². The van der Waals surface area contributed by atoms with Crippen LogP contribution in [0.25, 0.3) is 16.6 Å². The number of allylic oxidation sites excluding steroid dienone is 4. The summed E-state index contributed by atoms with van der Waals surface area (Å²) < 4.78 is 40.2. The SMILES string of the molecule is C/C=C\C(=C/CC(F)(F)F)n1c(C(C)Nc2nc(N)nc(N)c2C#N)nc2c(C)cccc2c1=O. The molecule has 2 heterocycles. The lowest BCUT2D eigenvalue weighted by Gasteiger charge is -2.22. The second kappa shape index (κ2) is 9.84. The number of aromatic nitrogens is 4. The number of halogens is 3. The summed E-state index contributed by atoms with van der Waals surface area (Å²) in [6.07, 6.45) is -1.88. The van der Waals surface area contributed by atoms with Gasteiger partial charge in [0.2, 0.25) is 5.95 Å². The monoisotopic (exact) mass is 484 g/mol. The van der Waals surface area contributed by atoms with Crippen molar-refractivity contribution in [3.63, 3.8) is 0 Å². The third-order valence-corrected chi connectivity index (χ3v) is 5.07. The number of hydrogen-bond acceptors (Lipinski definition) is 8. The number of nitriles is 1. The normalized spacial score (nSPS) is 13.2. The van der Waals surface area contributed by atoms with Crippen LogP contribution in [0.5, 0.6) is 0 Å². The Labute approximate surface area is 198 Å². The molecular weight excluding hydrogens is 461 g/mol. The average Bonchev–Trinajstić information content (AvgIpc) is 2.76. The number of anilines is 3. The average molecular weight is 484 g/mol. The van der Waals surface area contributed by atoms with E-state index in [1.807, 2.05) is 6.07 Å². The van der Waals surface area contributed by atoms with Crippen molar-refractivity contribution in [3.8, 4) is 6.07 Å². The second-order valence-electron chi connectivity index (χ2n) is 7.70. The van der Waals surface area contributed by atoms with Crippen molar-refractivity contribution in [2.24, 2.45) is 0 Å². The number of benzene rings is 1. The van der Waals surface area contributed by atoms with Crippen LogP contribution in [0.1, 0.15) is 43.3 Å². The van der Waals surface area contributed by atoms with Crippen LogP contribution in [-0.4, -0.2) is 25.7 Å². The summed E-state index contributed by atoms with van der Waals surface area (Å²) in [5.74, 6) is -0.227. The van der Waals surface area contributed by atoms with Crippen molar-refractivity contribution in [1.29, 1.82) is 5.26 Å². The second-order valence-corrected chi connectivity index (χ2v) is 7.70. The molecule has 0 bridgehead atoms. The van der Waals surface area contributed by atoms with Gasteiger partial charge in [0, 0.05) is 5.70 Å². The predicted octanol–water partition coefficient (Wildman–Crippen LogP) is 4.07. The highest BCUT2D eigenvalue weighted by Gasteiger charge is 2.27. The third-order valence-electron chi connectivity index (χ3n) is 5.07. The lowest BCUT2D eigenvalue weighted by molar-refractivity contribution is -0.124. The van der Waals surface area contributed by atoms with Gasteiger partial charge in [0.25, 0.3) is 5.56 Å². The summed E-state index contributed by atoms with van der Waals surface area (Å²) in [5.41, 5.74) is 11.9. The number of nitrogens with one attached hydrogen (secondary N) is 1. The molecule has 0 amide bonds. The molecule has 35 heavy (non-hydrogen) atoms. The Kier molecular flexibility index (Phi) is 7.09. The van der Waals surface area contributed by atoms with Crippen LogP contribution in [-0.2, 0) is 0 Å². The van der Waals surface area contributed by atoms with Crippen LogP contribution in [0.4, 0.5) is 30.8 Å². The number of nitrogen functional groups attached to an aromatic ring is 2. The zero-order chi connectivity index (χ0) is 25.9. The van der Waals surface area contributed by atoms with Crippen LogP contribution in [0.15, 0.2) is 41.2 Å². The predicted molar refractivity (Wildman–Crippen MR) is 128 cm³/mol. The Morgan fingerprint density at radius 2 is 2.00 bits per heavy atom. The fourth-order valence-electron chi connectivity index (χ4n) is 3.51. The van der Waals surface area contributed by atoms with Gasteiger partial charge < -0.3 is 16.8 Å². The van der Waals surface area contributed by atoms with Crippen LogP contribution in [0.2, 0.25) is 0 Å². The molecule has 2 aromatic heterocycles. The Morgan fingerprint density at radius 1 is 1.29 bits per heavy atom. The largest absolute Gasteiger partial charge is 0.392 e. The number of fused-ring (bicyclic) bond motifs is 1. The molecule has 12 heteroatoms. The third kappa shape index (κ3) is 5.40. The van der Waals surface area contributed by atoms with Gasteiger partial charge in [0.15, 0.2) is 5.82 Å². The van der Waals surface area contributed by atoms with Crippen molar-refractivity contribution in [3.05, 3.63) is 63.7 Å². The molecule has 3 rings (SSSR count). The van der Waals surface area contributed by atoms with Gasteiger partial charge >= 0.3 is 6.18 Å². The molecule has 0 saturated carbocycles. The first-order valence-corrected chi connectivity index (χ1v) is 10.5. The topological polar surface area (TPSA) is 149 Å². The zero-order valence-corrected chi connectivity index (χ0v) is 19.2. The fraction of sp³-hybridized carbons (Fsp3) is 0.261. The lowest BCUT2D eigenvalue weighted by atomic mass is 10.1. The summed E-state index contributed by atoms with van der Waals surface area (Å²) in [4.78, 5) is 26.0. The molecule has 0 spiro atoms. The highest BCUT2D eigenvalue weighted by atomic mass is 19.4. The molecule has 3 aromatic rings. The lowest BCUT2D eigenvalue weighted by Crippen LogP contribution is -2.28. The van der Waals surface area contributed by atoms with E-state index in [0.717, 1.165) is 10.6 Å². The van der Waals surface area contributed by atoms with Crippen LogP contribution in [0, 0.1) is 18.3 Å². The van der Waals surface area contributed by atoms with Gasteiger partial charge in [0.1, 0.15) is 23.3 Å². The van der Waals surface area contributed by atoms with Crippen molar-refractivity contribution in [2.75, 3.05) is 16.8 Å². The molecular formula is C23H23F3N8O. The summed E-state index contributed by atoms with van der Waals surface area (Å²) >= 11 is 0. The molecule has 0 saturated heterocycles. The number of nitrogens with zero attached hydrogens (tertiary/aromatic N) is 5. The summed E-state index contributed by atoms with van der Waals surface area (Å²) in [5, 5.41) is 12.7. The molecule has 0 radical (unpaired) electrons. The van der Waals surface area contributed by atoms with Gasteiger partial charge in [0.05, 0.1) is 23.4 Å². The van der Waals surface area contributed by atoms with Crippen LogP contribution < -0.4 is 22.3 Å². The number of aryl methyl sites for hydroxylation is 1. The number of hydrogen-bond donors (Lipinski definition) is 3. The van der Waals surface area contributed by atoms with E-state index in [4.69, 9.17) is 11.5 Å². The fourth-order valence-corrected chi connectivity index (χ4v) is 3.51. The molecule has 182 valence electrons. The van der Waals surface area contributed by atoms with Crippen molar-refractivity contribution >= 4 is 34.2 Å². The smallest absolute Gasteiger partial charge is 0.382 e. The van der Waals surface area contributed by atoms with Gasteiger partial charge in [-0.25, -0.2) is 4.98 Å². The van der Waals surface area contributed by atoms with E-state index < -0.39 is 24.2 Å². The molecule has 0 aliphatic carbocycles. The van der Waals surface area contributed by atoms with Gasteiger partial charge in [-0.2, -0.15) is 28.4 Å². The van der Waals surface area contributed by atoms with Crippen molar-refractivity contribution in [2.45, 2.75) is 39.4 Å². The van der Waals surface area contributed by atoms with Crippen LogP contribution >= 0.6 is 0 Å². The molecule has 0 aliphatic heterocycles. The van der Waals surface area contributed by atoms with Crippen LogP contribution in [0.3, 0.4) is 0 Å². The number of para-hydroxylation sites is 1. The van der Waals surface area contributed by atoms with E-state index >= 15 is 0 Å². The minimum atomic E-state index is -4.47. The minimum Gasteiger partial charge on any atom is -0.382 e. The maximum atomic E-state index is 13.6. The van der Waals surface area contributed by atoms with Gasteiger partial charge in [-0.3, -0.25) is 9.36 Å². The maximum Gasteiger partial charge on any atom is 0.392 e. The highest BCUT2D eigenvalue weighted by Crippen LogP contribution is 2.27. The Hall–Kier alpha value is -4.40. The Bertz CT molecular complexity index is 1430. The summed E-state index contributed by atoms with van der Waals surface area (Å²) in [6, 6.07) is 6.08. The van der Waals surface area contributed by atoms with Gasteiger partial charge in [-0.1, -0.05) is 24.3 Å². The van der Waals surface area contributed by atoms with E-state index in [0.29, 0.717) is 11.1 Å². The van der Waals surface area contributed by atoms with E-state index in [1.165, 1.54) is 12.2 Å². The number of rotatable bonds is 6. The highest BCUT2D eigenvalue weighted by molar-refractivity contribution is 5.82. The number of nitrogens with two attached hydrogens (primary N) is 2.